The molecule has 0 aromatic rings. The van der Waals surface area contributed by atoms with Gasteiger partial charge in [0, 0.05) is 23.7 Å². The average molecular weight is 596 g/mol. The van der Waals surface area contributed by atoms with E-state index in [2.05, 4.69) is 46.4 Å². The van der Waals surface area contributed by atoms with Gasteiger partial charge in [-0.2, -0.15) is 4.84 Å². The van der Waals surface area contributed by atoms with Crippen molar-refractivity contribution in [2.45, 2.75) is 126 Å². The van der Waals surface area contributed by atoms with Crippen molar-refractivity contribution in [2.24, 2.45) is 50.2 Å². The van der Waals surface area contributed by atoms with Gasteiger partial charge in [-0.05, 0) is 97.4 Å². The molecule has 1 unspecified atom stereocenters. The molecule has 1 N–H and O–H groups in total. The lowest BCUT2D eigenvalue weighted by Crippen LogP contribution is -2.66. The van der Waals surface area contributed by atoms with E-state index in [4.69, 9.17) is 4.74 Å². The lowest BCUT2D eigenvalue weighted by molar-refractivity contribution is -0.347. The molecule has 9 heteroatoms. The predicted molar refractivity (Wildman–Crippen MR) is 150 cm³/mol. The lowest BCUT2D eigenvalue weighted by atomic mass is 9.33. The Bertz CT molecular complexity index is 1210. The Morgan fingerprint density at radius 1 is 0.929 bits per heavy atom. The van der Waals surface area contributed by atoms with Crippen LogP contribution in [0.4, 0.5) is 13.2 Å². The van der Waals surface area contributed by atoms with Crippen LogP contribution >= 0.6 is 0 Å². The van der Waals surface area contributed by atoms with Gasteiger partial charge in [-0.25, -0.2) is 5.48 Å². The number of fused-ring (bicyclic) bond motifs is 7. The normalized spacial score (nSPS) is 46.3. The lowest BCUT2D eigenvalue weighted by Gasteiger charge is -2.70. The summed E-state index contributed by atoms with van der Waals surface area (Å²) in [5.74, 6) is -0.948. The molecule has 0 aromatic heterocycles. The van der Waals surface area contributed by atoms with Crippen LogP contribution in [0.3, 0.4) is 0 Å². The molecule has 5 rings (SSSR count). The van der Waals surface area contributed by atoms with Gasteiger partial charge in [-0.3, -0.25) is 14.4 Å². The number of nitrogens with one attached hydrogen (secondary N) is 1. The summed E-state index contributed by atoms with van der Waals surface area (Å²) in [5.41, 5.74) is 0.458. The molecule has 5 aliphatic rings. The largest absolute Gasteiger partial charge is 0.543 e. The van der Waals surface area contributed by atoms with E-state index >= 15 is 0 Å². The predicted octanol–water partition coefficient (Wildman–Crippen LogP) is 7.47. The third-order valence-electron chi connectivity index (χ3n) is 13.6. The number of rotatable bonds is 3. The fraction of sp³-hybridized carbons (Fsp3) is 0.848. The highest BCUT2D eigenvalue weighted by atomic mass is 19.4. The van der Waals surface area contributed by atoms with E-state index in [-0.39, 0.29) is 62.7 Å². The zero-order chi connectivity index (χ0) is 31.3. The molecule has 0 saturated heterocycles. The van der Waals surface area contributed by atoms with Crippen LogP contribution < -0.4 is 5.48 Å². The molecule has 5 aliphatic carbocycles. The minimum Gasteiger partial charge on any atom is -0.462 e. The number of hydrogen-bond donors (Lipinski definition) is 1. The minimum absolute atomic E-state index is 0.0879. The van der Waals surface area contributed by atoms with Crippen molar-refractivity contribution in [1.82, 2.24) is 5.48 Å². The number of hydrogen-bond acceptors (Lipinski definition) is 5. The smallest absolute Gasteiger partial charge is 0.462 e. The van der Waals surface area contributed by atoms with Gasteiger partial charge in [0.2, 0.25) is 5.91 Å². The molecule has 9 atom stereocenters. The number of esters is 1. The van der Waals surface area contributed by atoms with Crippen molar-refractivity contribution >= 4 is 17.7 Å². The monoisotopic (exact) mass is 595 g/mol. The van der Waals surface area contributed by atoms with Crippen LogP contribution in [0.25, 0.3) is 0 Å². The van der Waals surface area contributed by atoms with Crippen LogP contribution in [0.1, 0.15) is 113 Å². The number of ether oxygens (including phenoxy) is 1. The Morgan fingerprint density at radius 3 is 2.19 bits per heavy atom. The van der Waals surface area contributed by atoms with Gasteiger partial charge < -0.3 is 4.74 Å². The van der Waals surface area contributed by atoms with Crippen LogP contribution in [0.15, 0.2) is 11.6 Å². The second kappa shape index (κ2) is 9.55. The Hall–Kier alpha value is -1.90. The standard InChI is InChI=1S/C33H48F3NO5/c1-19(38)41-24-10-11-30(6)23(27(24,2)3)9-12-32(8)25(30)22(39)17-20-21-18-29(5,26(40)37-42-33(34,35)36)14-13-28(21,4)15-16-31(20,32)7/h17,21,23-25H,9-16,18H2,1-8H3,(H,37,40)/t21-,23?,24-,25+,28+,29-,30-,31+,32+/m0/s1. The summed E-state index contributed by atoms with van der Waals surface area (Å²) >= 11 is 0. The summed E-state index contributed by atoms with van der Waals surface area (Å²) in [4.78, 5) is 43.1. The molecule has 4 fully saturated rings. The second-order valence-corrected chi connectivity index (χ2v) is 16.2. The maximum absolute atomic E-state index is 14.5. The fourth-order valence-corrected chi connectivity index (χ4v) is 11.0. The molecular weight excluding hydrogens is 547 g/mol. The average Bonchev–Trinajstić information content (AvgIpc) is 2.86. The Morgan fingerprint density at radius 2 is 1.57 bits per heavy atom. The number of allylic oxidation sites excluding steroid dienone is 2. The summed E-state index contributed by atoms with van der Waals surface area (Å²) in [5, 5.41) is 0. The quantitative estimate of drug-likeness (QED) is 0.271. The van der Waals surface area contributed by atoms with Crippen molar-refractivity contribution in [3.8, 4) is 0 Å². The van der Waals surface area contributed by atoms with Gasteiger partial charge in [0.05, 0.1) is 0 Å². The van der Waals surface area contributed by atoms with E-state index in [1.165, 1.54) is 6.92 Å². The molecule has 4 saturated carbocycles. The number of alkyl halides is 3. The number of halogens is 3. The first kappa shape index (κ1) is 31.5. The number of ketones is 1. The third-order valence-corrected chi connectivity index (χ3v) is 13.6. The Kier molecular flexibility index (Phi) is 7.17. The molecule has 236 valence electrons. The number of hydroxylamine groups is 1. The van der Waals surface area contributed by atoms with E-state index in [1.807, 2.05) is 6.08 Å². The second-order valence-electron chi connectivity index (χ2n) is 16.2. The molecule has 0 radical (unpaired) electrons. The van der Waals surface area contributed by atoms with Crippen LogP contribution in [-0.2, 0) is 24.0 Å². The first-order valence-corrected chi connectivity index (χ1v) is 15.6. The molecule has 0 bridgehead atoms. The highest BCUT2D eigenvalue weighted by Gasteiger charge is 2.70. The summed E-state index contributed by atoms with van der Waals surface area (Å²) < 4.78 is 44.0. The van der Waals surface area contributed by atoms with E-state index in [9.17, 15) is 27.6 Å². The third kappa shape index (κ3) is 4.49. The van der Waals surface area contributed by atoms with Crippen molar-refractivity contribution in [1.29, 1.82) is 0 Å². The van der Waals surface area contributed by atoms with E-state index in [0.29, 0.717) is 19.3 Å². The van der Waals surface area contributed by atoms with Crippen molar-refractivity contribution in [3.05, 3.63) is 11.6 Å². The zero-order valence-corrected chi connectivity index (χ0v) is 26.4. The van der Waals surface area contributed by atoms with Gasteiger partial charge in [0.1, 0.15) is 6.10 Å². The van der Waals surface area contributed by atoms with E-state index in [1.54, 1.807) is 12.4 Å². The first-order valence-electron chi connectivity index (χ1n) is 15.6. The van der Waals surface area contributed by atoms with E-state index in [0.717, 1.165) is 44.1 Å². The molecule has 6 nitrogen and oxygen atoms in total. The SMILES string of the molecule is CC(=O)O[C@H]1CC[C@@]2(C)C(CC[C@]3(C)[C@@H]2C(=O)C=C2[C@@H]4C[C@@](C)(C(=O)NOC(F)(F)F)CC[C@]4(C)CC[C@]23C)C1(C)C. The number of carbonyl (C=O) groups is 3. The molecule has 1 amide bonds. The summed E-state index contributed by atoms with van der Waals surface area (Å²) in [6.45, 7) is 16.6. The van der Waals surface area contributed by atoms with Gasteiger partial charge in [0.25, 0.3) is 0 Å². The van der Waals surface area contributed by atoms with Crippen molar-refractivity contribution < 1.29 is 37.1 Å². The maximum atomic E-state index is 14.5. The molecule has 0 spiro atoms. The van der Waals surface area contributed by atoms with E-state index < -0.39 is 17.7 Å². The van der Waals surface area contributed by atoms with Crippen LogP contribution in [0.2, 0.25) is 0 Å². The minimum atomic E-state index is -4.96. The number of amides is 1. The molecular formula is C33H48F3NO5. The van der Waals surface area contributed by atoms with Crippen LogP contribution in [0, 0.1) is 50.2 Å². The Balaban J connectivity index is 1.51. The molecule has 0 aliphatic heterocycles. The summed E-state index contributed by atoms with van der Waals surface area (Å²) in [6, 6.07) is 0. The van der Waals surface area contributed by atoms with Gasteiger partial charge >= 0.3 is 12.3 Å². The van der Waals surface area contributed by atoms with Crippen molar-refractivity contribution in [2.75, 3.05) is 0 Å². The molecule has 0 heterocycles. The first-order chi connectivity index (χ1) is 19.1. The Labute approximate surface area is 247 Å². The topological polar surface area (TPSA) is 81.7 Å². The summed E-state index contributed by atoms with van der Waals surface area (Å²) in [6.07, 6.45) is 3.50. The van der Waals surface area contributed by atoms with Gasteiger partial charge in [0.15, 0.2) is 5.78 Å². The van der Waals surface area contributed by atoms with Crippen molar-refractivity contribution in [3.63, 3.8) is 0 Å². The van der Waals surface area contributed by atoms with Crippen LogP contribution in [0.5, 0.6) is 0 Å². The summed E-state index contributed by atoms with van der Waals surface area (Å²) in [7, 11) is 0. The highest BCUT2D eigenvalue weighted by molar-refractivity contribution is 5.95. The zero-order valence-electron chi connectivity index (χ0n) is 26.4. The fourth-order valence-electron chi connectivity index (χ4n) is 11.0. The number of carbonyl (C=O) groups excluding carboxylic acids is 3. The molecule has 42 heavy (non-hydrogen) atoms. The maximum Gasteiger partial charge on any atom is 0.543 e. The van der Waals surface area contributed by atoms with Gasteiger partial charge in [-0.15, -0.1) is 13.2 Å². The molecule has 0 aromatic carbocycles. The highest BCUT2D eigenvalue weighted by Crippen LogP contribution is 2.75. The van der Waals surface area contributed by atoms with Gasteiger partial charge in [-0.1, -0.05) is 54.0 Å². The van der Waals surface area contributed by atoms with Crippen LogP contribution in [-0.4, -0.2) is 30.1 Å².